The molecule has 0 bridgehead atoms. The number of fused-ring (bicyclic) bond motifs is 1. The summed E-state index contributed by atoms with van der Waals surface area (Å²) < 4.78 is 5.35. The minimum atomic E-state index is -0.367. The highest BCUT2D eigenvalue weighted by molar-refractivity contribution is 5.68. The second-order valence-corrected chi connectivity index (χ2v) is 5.79. The molecule has 1 heterocycles. The Morgan fingerprint density at radius 2 is 1.87 bits per heavy atom. The van der Waals surface area contributed by atoms with Crippen molar-refractivity contribution in [2.75, 3.05) is 13.1 Å². The van der Waals surface area contributed by atoms with Crippen LogP contribution in [0.25, 0.3) is 0 Å². The van der Waals surface area contributed by atoms with Crippen LogP contribution in [-0.4, -0.2) is 29.7 Å². The highest BCUT2D eigenvalue weighted by atomic mass is 16.6. The van der Waals surface area contributed by atoms with Crippen LogP contribution in [0.15, 0.2) is 0 Å². The van der Waals surface area contributed by atoms with Gasteiger partial charge in [0.05, 0.1) is 0 Å². The molecule has 3 atom stereocenters. The van der Waals surface area contributed by atoms with Crippen LogP contribution in [0.1, 0.15) is 34.1 Å². The summed E-state index contributed by atoms with van der Waals surface area (Å²) in [5.41, 5.74) is -0.367. The molecule has 0 aromatic heterocycles. The van der Waals surface area contributed by atoms with E-state index in [1.54, 1.807) is 0 Å². The number of piperidine rings is 1. The van der Waals surface area contributed by atoms with Gasteiger partial charge in [-0.2, -0.15) is 0 Å². The molecule has 0 spiro atoms. The number of hydrogen-bond donors (Lipinski definition) is 0. The van der Waals surface area contributed by atoms with Gasteiger partial charge in [0, 0.05) is 13.1 Å². The first kappa shape index (κ1) is 10.8. The summed E-state index contributed by atoms with van der Waals surface area (Å²) in [6.07, 6.45) is 1.13. The number of carbonyl (C=O) groups excluding carboxylic acids is 1. The minimum Gasteiger partial charge on any atom is -0.444 e. The molecule has 1 aliphatic heterocycles. The van der Waals surface area contributed by atoms with Crippen molar-refractivity contribution in [2.45, 2.75) is 39.7 Å². The Balaban J connectivity index is 1.82. The van der Waals surface area contributed by atoms with Crippen LogP contribution in [-0.2, 0) is 4.74 Å². The van der Waals surface area contributed by atoms with Gasteiger partial charge in [-0.15, -0.1) is 0 Å². The first-order chi connectivity index (χ1) is 6.92. The van der Waals surface area contributed by atoms with Crippen molar-refractivity contribution < 1.29 is 9.53 Å². The smallest absolute Gasteiger partial charge is 0.410 e. The van der Waals surface area contributed by atoms with Gasteiger partial charge in [0.2, 0.25) is 0 Å². The average molecular weight is 211 g/mol. The number of amides is 1. The molecule has 1 amide bonds. The molecule has 3 nitrogen and oxygen atoms in total. The number of likely N-dealkylation sites (tertiary alicyclic amines) is 1. The fraction of sp³-hybridized carbons (Fsp3) is 0.917. The molecule has 1 saturated carbocycles. The van der Waals surface area contributed by atoms with Crippen LogP contribution < -0.4 is 0 Å². The second-order valence-electron chi connectivity index (χ2n) is 5.79. The van der Waals surface area contributed by atoms with E-state index < -0.39 is 0 Å². The number of carbonyl (C=O) groups is 1. The van der Waals surface area contributed by atoms with Crippen molar-refractivity contribution in [1.82, 2.24) is 4.90 Å². The third-order valence-electron chi connectivity index (χ3n) is 3.49. The van der Waals surface area contributed by atoms with Gasteiger partial charge in [-0.3, -0.25) is 0 Å². The Bertz CT molecular complexity index is 257. The molecular weight excluding hydrogens is 190 g/mol. The van der Waals surface area contributed by atoms with E-state index >= 15 is 0 Å². The molecule has 0 N–H and O–H groups in total. The van der Waals surface area contributed by atoms with Gasteiger partial charge in [0.15, 0.2) is 0 Å². The Labute approximate surface area is 91.8 Å². The van der Waals surface area contributed by atoms with Crippen molar-refractivity contribution in [2.24, 2.45) is 17.8 Å². The van der Waals surface area contributed by atoms with Crippen LogP contribution in [0.4, 0.5) is 4.79 Å². The summed E-state index contributed by atoms with van der Waals surface area (Å²) in [4.78, 5) is 13.6. The van der Waals surface area contributed by atoms with Crippen LogP contribution in [0.2, 0.25) is 0 Å². The molecule has 0 unspecified atom stereocenters. The summed E-state index contributed by atoms with van der Waals surface area (Å²) in [5.74, 6) is 2.41. The van der Waals surface area contributed by atoms with Gasteiger partial charge in [-0.25, -0.2) is 4.79 Å². The summed E-state index contributed by atoms with van der Waals surface area (Å²) >= 11 is 0. The lowest BCUT2D eigenvalue weighted by Crippen LogP contribution is -2.37. The Morgan fingerprint density at radius 1 is 1.33 bits per heavy atom. The Kier molecular flexibility index (Phi) is 2.44. The third-order valence-corrected chi connectivity index (χ3v) is 3.49. The number of nitrogens with zero attached hydrogens (tertiary/aromatic N) is 1. The summed E-state index contributed by atoms with van der Waals surface area (Å²) in [7, 11) is 0. The normalized spacial score (nSPS) is 33.9. The number of ether oxygens (including phenoxy) is 1. The summed E-state index contributed by atoms with van der Waals surface area (Å²) in [6, 6.07) is 0. The van der Waals surface area contributed by atoms with E-state index in [2.05, 4.69) is 6.92 Å². The van der Waals surface area contributed by atoms with Crippen LogP contribution >= 0.6 is 0 Å². The van der Waals surface area contributed by atoms with Crippen molar-refractivity contribution in [3.05, 3.63) is 0 Å². The highest BCUT2D eigenvalue weighted by Gasteiger charge is 2.55. The minimum absolute atomic E-state index is 0.135. The van der Waals surface area contributed by atoms with Crippen LogP contribution in [0.5, 0.6) is 0 Å². The zero-order chi connectivity index (χ0) is 11.2. The molecule has 2 fully saturated rings. The van der Waals surface area contributed by atoms with E-state index in [1.807, 2.05) is 25.7 Å². The molecule has 15 heavy (non-hydrogen) atoms. The van der Waals surface area contributed by atoms with E-state index in [0.717, 1.165) is 30.8 Å². The molecule has 86 valence electrons. The molecule has 0 aromatic rings. The molecule has 0 radical (unpaired) electrons. The first-order valence-electron chi connectivity index (χ1n) is 5.90. The molecule has 0 aromatic carbocycles. The van der Waals surface area contributed by atoms with Gasteiger partial charge in [0.1, 0.15) is 5.60 Å². The second kappa shape index (κ2) is 3.39. The maximum Gasteiger partial charge on any atom is 0.410 e. The standard InChI is InChI=1S/C12H21NO2/c1-5-8-9-6-13(7-10(8)9)11(14)15-12(2,3)4/h8-10H,5-7H2,1-4H3/t8-,9+,10-. The van der Waals surface area contributed by atoms with Crippen LogP contribution in [0, 0.1) is 17.8 Å². The van der Waals surface area contributed by atoms with Gasteiger partial charge < -0.3 is 9.64 Å². The maximum atomic E-state index is 11.7. The van der Waals surface area contributed by atoms with Gasteiger partial charge in [-0.1, -0.05) is 13.3 Å². The molecule has 1 saturated heterocycles. The van der Waals surface area contributed by atoms with E-state index in [9.17, 15) is 4.79 Å². The molecular formula is C12H21NO2. The fourth-order valence-electron chi connectivity index (χ4n) is 2.73. The molecule has 1 aliphatic carbocycles. The van der Waals surface area contributed by atoms with Gasteiger partial charge in [0.25, 0.3) is 0 Å². The number of rotatable bonds is 1. The maximum absolute atomic E-state index is 11.7. The van der Waals surface area contributed by atoms with Gasteiger partial charge >= 0.3 is 6.09 Å². The first-order valence-corrected chi connectivity index (χ1v) is 5.90. The zero-order valence-electron chi connectivity index (χ0n) is 10.1. The fourth-order valence-corrected chi connectivity index (χ4v) is 2.73. The molecule has 2 rings (SSSR count). The van der Waals surface area contributed by atoms with Crippen molar-refractivity contribution >= 4 is 6.09 Å². The third kappa shape index (κ3) is 2.11. The molecule has 2 aliphatic rings. The van der Waals surface area contributed by atoms with Crippen molar-refractivity contribution in [3.63, 3.8) is 0 Å². The Morgan fingerprint density at radius 3 is 2.27 bits per heavy atom. The van der Waals surface area contributed by atoms with E-state index in [1.165, 1.54) is 6.42 Å². The van der Waals surface area contributed by atoms with E-state index in [-0.39, 0.29) is 11.7 Å². The zero-order valence-corrected chi connectivity index (χ0v) is 10.1. The summed E-state index contributed by atoms with van der Waals surface area (Å²) in [6.45, 7) is 9.81. The van der Waals surface area contributed by atoms with Crippen molar-refractivity contribution in [1.29, 1.82) is 0 Å². The van der Waals surface area contributed by atoms with Gasteiger partial charge in [-0.05, 0) is 38.5 Å². The van der Waals surface area contributed by atoms with Crippen molar-refractivity contribution in [3.8, 4) is 0 Å². The Hall–Kier alpha value is -0.730. The lowest BCUT2D eigenvalue weighted by Gasteiger charge is -2.25. The highest BCUT2D eigenvalue weighted by Crippen LogP contribution is 2.53. The quantitative estimate of drug-likeness (QED) is 0.667. The van der Waals surface area contributed by atoms with Crippen LogP contribution in [0.3, 0.4) is 0 Å². The monoisotopic (exact) mass is 211 g/mol. The topological polar surface area (TPSA) is 29.5 Å². The molecule has 3 heteroatoms. The van der Waals surface area contributed by atoms with E-state index in [0.29, 0.717) is 0 Å². The lowest BCUT2D eigenvalue weighted by atomic mass is 10.2. The predicted molar refractivity (Wildman–Crippen MR) is 58.6 cm³/mol. The predicted octanol–water partition coefficient (Wildman–Crippen LogP) is 2.51. The average Bonchev–Trinajstić information content (AvgIpc) is 2.54. The van der Waals surface area contributed by atoms with E-state index in [4.69, 9.17) is 4.74 Å². The number of hydrogen-bond acceptors (Lipinski definition) is 2. The lowest BCUT2D eigenvalue weighted by molar-refractivity contribution is 0.0265. The largest absolute Gasteiger partial charge is 0.444 e. The SMILES string of the molecule is CC[C@H]1[C@H]2CN(C(=O)OC(C)(C)C)C[C@@H]12. The summed E-state index contributed by atoms with van der Waals surface area (Å²) in [5, 5.41) is 0.